The summed E-state index contributed by atoms with van der Waals surface area (Å²) in [5.41, 5.74) is 1.39. The van der Waals surface area contributed by atoms with E-state index in [0.717, 1.165) is 14.9 Å². The highest BCUT2D eigenvalue weighted by atomic mass is 79.9. The maximum Gasteiger partial charge on any atom is 0.258 e. The molecule has 0 fully saturated rings. The highest BCUT2D eigenvalue weighted by molar-refractivity contribution is 9.10. The van der Waals surface area contributed by atoms with E-state index in [1.165, 1.54) is 11.8 Å². The zero-order valence-electron chi connectivity index (χ0n) is 12.2. The third-order valence-electron chi connectivity index (χ3n) is 3.87. The standard InChI is InChI=1S/C16H14BrNO4S/c1-22-11-6-7-12-13(8-11)23-16(14(15(12)19)18(20)21)9-2-4-10(17)5-3-9/h2-8,14-16,19H,1H3/t14-,15+,16+/m0/s1. The van der Waals surface area contributed by atoms with Gasteiger partial charge in [-0.1, -0.05) is 34.1 Å². The van der Waals surface area contributed by atoms with E-state index in [0.29, 0.717) is 11.3 Å². The fourth-order valence-electron chi connectivity index (χ4n) is 2.69. The number of thioether (sulfide) groups is 1. The number of aliphatic hydroxyl groups is 1. The molecule has 0 amide bonds. The van der Waals surface area contributed by atoms with Crippen LogP contribution in [0.15, 0.2) is 51.8 Å². The second-order valence-corrected chi connectivity index (χ2v) is 7.31. The van der Waals surface area contributed by atoms with Crippen LogP contribution in [-0.4, -0.2) is 23.2 Å². The SMILES string of the molecule is COc1ccc2c(c1)S[C@H](c1ccc(Br)cc1)[C@@H]([N+](=O)[O-])[C@@H]2O. The topological polar surface area (TPSA) is 72.6 Å². The molecule has 3 atom stereocenters. The summed E-state index contributed by atoms with van der Waals surface area (Å²) in [4.78, 5) is 12.0. The number of ether oxygens (including phenoxy) is 1. The fourth-order valence-corrected chi connectivity index (χ4v) is 4.42. The molecule has 5 nitrogen and oxygen atoms in total. The van der Waals surface area contributed by atoms with Crippen LogP contribution >= 0.6 is 27.7 Å². The summed E-state index contributed by atoms with van der Waals surface area (Å²) in [5.74, 6) is 0.664. The van der Waals surface area contributed by atoms with Crippen LogP contribution in [0, 0.1) is 10.1 Å². The summed E-state index contributed by atoms with van der Waals surface area (Å²) < 4.78 is 6.12. The Bertz CT molecular complexity index is 737. The normalized spacial score (nSPS) is 23.2. The first-order valence-corrected chi connectivity index (χ1v) is 8.60. The molecule has 1 aliphatic rings. The molecule has 0 aromatic heterocycles. The highest BCUT2D eigenvalue weighted by Gasteiger charge is 2.45. The Morgan fingerprint density at radius 2 is 1.96 bits per heavy atom. The lowest BCUT2D eigenvalue weighted by Gasteiger charge is -2.31. The second kappa shape index (κ2) is 6.51. The lowest BCUT2D eigenvalue weighted by molar-refractivity contribution is -0.536. The molecule has 23 heavy (non-hydrogen) atoms. The molecule has 0 unspecified atom stereocenters. The number of hydrogen-bond donors (Lipinski definition) is 1. The van der Waals surface area contributed by atoms with E-state index in [1.807, 2.05) is 30.3 Å². The molecular weight excluding hydrogens is 382 g/mol. The Labute approximate surface area is 145 Å². The van der Waals surface area contributed by atoms with E-state index in [9.17, 15) is 15.2 Å². The van der Waals surface area contributed by atoms with Crippen molar-refractivity contribution in [2.75, 3.05) is 7.11 Å². The van der Waals surface area contributed by atoms with E-state index in [4.69, 9.17) is 4.74 Å². The van der Waals surface area contributed by atoms with Crippen molar-refractivity contribution in [3.05, 3.63) is 68.2 Å². The summed E-state index contributed by atoms with van der Waals surface area (Å²) in [7, 11) is 1.57. The fraction of sp³-hybridized carbons (Fsp3) is 0.250. The molecule has 0 saturated carbocycles. The predicted octanol–water partition coefficient (Wildman–Crippen LogP) is 3.98. The summed E-state index contributed by atoms with van der Waals surface area (Å²) in [6.45, 7) is 0. The van der Waals surface area contributed by atoms with E-state index in [1.54, 1.807) is 19.2 Å². The van der Waals surface area contributed by atoms with Crippen molar-refractivity contribution in [3.63, 3.8) is 0 Å². The van der Waals surface area contributed by atoms with Gasteiger partial charge in [0.15, 0.2) is 0 Å². The van der Waals surface area contributed by atoms with Gasteiger partial charge in [0.2, 0.25) is 0 Å². The average Bonchev–Trinajstić information content (AvgIpc) is 2.54. The molecule has 0 spiro atoms. The molecule has 0 aliphatic carbocycles. The van der Waals surface area contributed by atoms with E-state index >= 15 is 0 Å². The molecule has 1 aliphatic heterocycles. The van der Waals surface area contributed by atoms with Gasteiger partial charge in [-0.15, -0.1) is 11.8 Å². The zero-order chi connectivity index (χ0) is 16.6. The van der Waals surface area contributed by atoms with Crippen LogP contribution in [0.25, 0.3) is 0 Å². The third kappa shape index (κ3) is 3.08. The molecule has 0 radical (unpaired) electrons. The monoisotopic (exact) mass is 395 g/mol. The summed E-state index contributed by atoms with van der Waals surface area (Å²) in [6.07, 6.45) is -1.15. The van der Waals surface area contributed by atoms with Crippen molar-refractivity contribution in [2.45, 2.75) is 22.3 Å². The van der Waals surface area contributed by atoms with Gasteiger partial charge in [-0.05, 0) is 29.8 Å². The minimum Gasteiger partial charge on any atom is -0.497 e. The van der Waals surface area contributed by atoms with Gasteiger partial charge in [0, 0.05) is 19.9 Å². The number of methoxy groups -OCH3 is 1. The van der Waals surface area contributed by atoms with Crippen molar-refractivity contribution in [1.82, 2.24) is 0 Å². The molecule has 1 N–H and O–H groups in total. The maximum absolute atomic E-state index is 11.5. The lowest BCUT2D eigenvalue weighted by Crippen LogP contribution is -2.35. The number of fused-ring (bicyclic) bond motifs is 1. The number of hydrogen-bond acceptors (Lipinski definition) is 5. The number of halogens is 1. The Kier molecular flexibility index (Phi) is 4.61. The number of rotatable bonds is 3. The van der Waals surface area contributed by atoms with Gasteiger partial charge in [-0.25, -0.2) is 0 Å². The zero-order valence-corrected chi connectivity index (χ0v) is 14.6. The second-order valence-electron chi connectivity index (χ2n) is 5.21. The molecule has 120 valence electrons. The summed E-state index contributed by atoms with van der Waals surface area (Å²) in [6, 6.07) is 11.5. The molecule has 0 saturated heterocycles. The van der Waals surface area contributed by atoms with Crippen LogP contribution in [0.1, 0.15) is 22.5 Å². The van der Waals surface area contributed by atoms with Gasteiger partial charge in [0.05, 0.1) is 7.11 Å². The first-order chi connectivity index (χ1) is 11.0. The van der Waals surface area contributed by atoms with Crippen LogP contribution < -0.4 is 4.74 Å². The first kappa shape index (κ1) is 16.3. The minimum absolute atomic E-state index is 0.391. The number of nitrogens with zero attached hydrogens (tertiary/aromatic N) is 1. The Morgan fingerprint density at radius 1 is 1.26 bits per heavy atom. The molecule has 7 heteroatoms. The van der Waals surface area contributed by atoms with Crippen LogP contribution in [0.4, 0.5) is 0 Å². The van der Waals surface area contributed by atoms with E-state index in [-0.39, 0.29) is 0 Å². The molecule has 2 aromatic rings. The van der Waals surface area contributed by atoms with Crippen molar-refractivity contribution < 1.29 is 14.8 Å². The van der Waals surface area contributed by atoms with Crippen LogP contribution in [0.2, 0.25) is 0 Å². The smallest absolute Gasteiger partial charge is 0.258 e. The van der Waals surface area contributed by atoms with Crippen molar-refractivity contribution in [3.8, 4) is 5.75 Å². The van der Waals surface area contributed by atoms with Crippen molar-refractivity contribution in [2.24, 2.45) is 0 Å². The largest absolute Gasteiger partial charge is 0.497 e. The Morgan fingerprint density at radius 3 is 2.57 bits per heavy atom. The Balaban J connectivity index is 2.07. The van der Waals surface area contributed by atoms with Crippen molar-refractivity contribution >= 4 is 27.7 Å². The molecular formula is C16H14BrNO4S. The van der Waals surface area contributed by atoms with Gasteiger partial charge in [-0.3, -0.25) is 10.1 Å². The van der Waals surface area contributed by atoms with E-state index < -0.39 is 22.3 Å². The molecule has 2 aromatic carbocycles. The van der Waals surface area contributed by atoms with Gasteiger partial charge >= 0.3 is 0 Å². The van der Waals surface area contributed by atoms with Gasteiger partial charge in [-0.2, -0.15) is 0 Å². The first-order valence-electron chi connectivity index (χ1n) is 6.93. The minimum atomic E-state index is -1.15. The highest BCUT2D eigenvalue weighted by Crippen LogP contribution is 2.50. The molecule has 3 rings (SSSR count). The summed E-state index contributed by atoms with van der Waals surface area (Å²) >= 11 is 4.75. The number of nitro groups is 1. The average molecular weight is 396 g/mol. The molecule has 0 bridgehead atoms. The van der Waals surface area contributed by atoms with Crippen molar-refractivity contribution in [1.29, 1.82) is 0 Å². The number of benzene rings is 2. The van der Waals surface area contributed by atoms with Gasteiger partial charge in [0.25, 0.3) is 6.04 Å². The van der Waals surface area contributed by atoms with Crippen LogP contribution in [-0.2, 0) is 0 Å². The van der Waals surface area contributed by atoms with E-state index in [2.05, 4.69) is 15.9 Å². The molecule has 1 heterocycles. The maximum atomic E-state index is 11.5. The van der Waals surface area contributed by atoms with Crippen LogP contribution in [0.5, 0.6) is 5.75 Å². The quantitative estimate of drug-likeness (QED) is 0.628. The lowest BCUT2D eigenvalue weighted by atomic mass is 9.95. The summed E-state index contributed by atoms with van der Waals surface area (Å²) in [5, 5.41) is 21.6. The van der Waals surface area contributed by atoms with Gasteiger partial charge in [0.1, 0.15) is 17.1 Å². The van der Waals surface area contributed by atoms with Crippen LogP contribution in [0.3, 0.4) is 0 Å². The third-order valence-corrected chi connectivity index (χ3v) is 5.81. The Hall–Kier alpha value is -1.57. The predicted molar refractivity (Wildman–Crippen MR) is 91.5 cm³/mol. The number of aliphatic hydroxyl groups excluding tert-OH is 1. The van der Waals surface area contributed by atoms with Gasteiger partial charge < -0.3 is 9.84 Å².